The molecule has 0 aliphatic rings. The number of aromatic nitrogens is 1. The molecule has 0 aliphatic carbocycles. The first-order valence-electron chi connectivity index (χ1n) is 6.81. The van der Waals surface area contributed by atoms with Gasteiger partial charge in [0.15, 0.2) is 0 Å². The van der Waals surface area contributed by atoms with Crippen molar-refractivity contribution in [3.8, 4) is 0 Å². The fourth-order valence-electron chi connectivity index (χ4n) is 1.73. The van der Waals surface area contributed by atoms with Crippen molar-refractivity contribution >= 4 is 11.5 Å². The summed E-state index contributed by atoms with van der Waals surface area (Å²) in [6.07, 6.45) is 3.02. The van der Waals surface area contributed by atoms with E-state index < -0.39 is 0 Å². The summed E-state index contributed by atoms with van der Waals surface area (Å²) in [5.41, 5.74) is 1.12. The molecule has 0 aliphatic heterocycles. The van der Waals surface area contributed by atoms with Crippen LogP contribution in [-0.2, 0) is 0 Å². The number of pyridine rings is 1. The highest BCUT2D eigenvalue weighted by atomic mass is 15.1. The van der Waals surface area contributed by atoms with E-state index in [1.54, 1.807) is 0 Å². The Hall–Kier alpha value is -1.29. The van der Waals surface area contributed by atoms with E-state index >= 15 is 0 Å². The fraction of sp³-hybridized carbons (Fsp3) is 0.643. The Morgan fingerprint density at radius 1 is 1.33 bits per heavy atom. The van der Waals surface area contributed by atoms with Crippen molar-refractivity contribution in [2.45, 2.75) is 33.2 Å². The summed E-state index contributed by atoms with van der Waals surface area (Å²) in [6, 6.07) is 4.69. The van der Waals surface area contributed by atoms with Crippen LogP contribution in [0.4, 0.5) is 11.5 Å². The van der Waals surface area contributed by atoms with Crippen molar-refractivity contribution in [1.29, 1.82) is 0 Å². The number of rotatable bonds is 8. The van der Waals surface area contributed by atoms with Gasteiger partial charge in [0, 0.05) is 43.6 Å². The molecule has 1 aromatic heterocycles. The second-order valence-electron chi connectivity index (χ2n) is 4.62. The quantitative estimate of drug-likeness (QED) is 0.744. The number of anilines is 2. The summed E-state index contributed by atoms with van der Waals surface area (Å²) in [4.78, 5) is 6.63. The van der Waals surface area contributed by atoms with Gasteiger partial charge in [-0.2, -0.15) is 0 Å². The van der Waals surface area contributed by atoms with Gasteiger partial charge in [0.05, 0.1) is 0 Å². The third-order valence-corrected chi connectivity index (χ3v) is 3.25. The summed E-state index contributed by atoms with van der Waals surface area (Å²) in [7, 11) is 2.17. The lowest BCUT2D eigenvalue weighted by molar-refractivity contribution is 0.261. The molecular weight excluding hydrogens is 224 g/mol. The minimum Gasteiger partial charge on any atom is -0.384 e. The zero-order chi connectivity index (χ0) is 13.4. The maximum atomic E-state index is 4.25. The zero-order valence-corrected chi connectivity index (χ0v) is 12.0. The van der Waals surface area contributed by atoms with Gasteiger partial charge in [0.25, 0.3) is 0 Å². The van der Waals surface area contributed by atoms with E-state index in [-0.39, 0.29) is 0 Å². The second kappa shape index (κ2) is 7.93. The fourth-order valence-corrected chi connectivity index (χ4v) is 1.73. The van der Waals surface area contributed by atoms with E-state index in [0.29, 0.717) is 6.04 Å². The first-order chi connectivity index (χ1) is 8.67. The Morgan fingerprint density at radius 2 is 2.11 bits per heavy atom. The molecule has 0 saturated carbocycles. The van der Waals surface area contributed by atoms with Crippen LogP contribution in [0.2, 0.25) is 0 Å². The molecule has 0 amide bonds. The molecule has 0 fully saturated rings. The number of hydrogen-bond acceptors (Lipinski definition) is 4. The minimum atomic E-state index is 0.640. The Bertz CT molecular complexity index is 340. The maximum absolute atomic E-state index is 4.25. The second-order valence-corrected chi connectivity index (χ2v) is 4.62. The third-order valence-electron chi connectivity index (χ3n) is 3.25. The summed E-state index contributed by atoms with van der Waals surface area (Å²) in [5.74, 6) is 0.929. The summed E-state index contributed by atoms with van der Waals surface area (Å²) < 4.78 is 0. The molecule has 0 aromatic carbocycles. The molecule has 18 heavy (non-hydrogen) atoms. The van der Waals surface area contributed by atoms with E-state index in [1.807, 2.05) is 18.3 Å². The molecule has 102 valence electrons. The van der Waals surface area contributed by atoms with Gasteiger partial charge in [-0.3, -0.25) is 0 Å². The van der Waals surface area contributed by atoms with Crippen molar-refractivity contribution in [2.24, 2.45) is 0 Å². The van der Waals surface area contributed by atoms with Gasteiger partial charge < -0.3 is 15.5 Å². The molecule has 1 aromatic rings. The Balaban J connectivity index is 2.37. The van der Waals surface area contributed by atoms with Crippen molar-refractivity contribution in [2.75, 3.05) is 37.3 Å². The average Bonchev–Trinajstić information content (AvgIpc) is 2.38. The van der Waals surface area contributed by atoms with E-state index in [4.69, 9.17) is 0 Å². The lowest BCUT2D eigenvalue weighted by atomic mass is 10.2. The van der Waals surface area contributed by atoms with Crippen molar-refractivity contribution in [3.05, 3.63) is 18.3 Å². The molecule has 2 N–H and O–H groups in total. The molecule has 1 rings (SSSR count). The first kappa shape index (κ1) is 14.8. The molecule has 1 atom stereocenters. The van der Waals surface area contributed by atoms with E-state index in [1.165, 1.54) is 6.42 Å². The smallest absolute Gasteiger partial charge is 0.127 e. The van der Waals surface area contributed by atoms with Gasteiger partial charge in [-0.25, -0.2) is 4.98 Å². The molecule has 1 heterocycles. The lowest BCUT2D eigenvalue weighted by Crippen LogP contribution is -2.32. The molecule has 1 unspecified atom stereocenters. The van der Waals surface area contributed by atoms with Gasteiger partial charge in [-0.15, -0.1) is 0 Å². The zero-order valence-electron chi connectivity index (χ0n) is 12.0. The summed E-state index contributed by atoms with van der Waals surface area (Å²) in [5, 5.41) is 6.64. The van der Waals surface area contributed by atoms with Crippen molar-refractivity contribution < 1.29 is 0 Å². The van der Waals surface area contributed by atoms with Crippen molar-refractivity contribution in [1.82, 2.24) is 9.88 Å². The highest BCUT2D eigenvalue weighted by molar-refractivity contribution is 5.51. The Morgan fingerprint density at radius 3 is 2.78 bits per heavy atom. The van der Waals surface area contributed by atoms with Gasteiger partial charge in [-0.1, -0.05) is 6.92 Å². The minimum absolute atomic E-state index is 0.640. The van der Waals surface area contributed by atoms with Crippen LogP contribution >= 0.6 is 0 Å². The van der Waals surface area contributed by atoms with Crippen LogP contribution in [0.5, 0.6) is 0 Å². The first-order valence-corrected chi connectivity index (χ1v) is 6.81. The Kier molecular flexibility index (Phi) is 6.50. The van der Waals surface area contributed by atoms with E-state index in [0.717, 1.165) is 31.1 Å². The molecule has 0 saturated heterocycles. The molecular formula is C14H26N4. The third kappa shape index (κ3) is 4.92. The van der Waals surface area contributed by atoms with Crippen LogP contribution in [0.3, 0.4) is 0 Å². The van der Waals surface area contributed by atoms with Crippen LogP contribution in [0.15, 0.2) is 18.3 Å². The van der Waals surface area contributed by atoms with E-state index in [2.05, 4.69) is 48.3 Å². The SMILES string of the molecule is CCNc1cc(NCCN(C)C(C)CC)ccn1. The number of nitrogens with zero attached hydrogens (tertiary/aromatic N) is 2. The standard InChI is InChI=1S/C14H26N4/c1-5-12(3)18(4)10-9-16-13-7-8-17-14(11-13)15-6-2/h7-8,11-12H,5-6,9-10H2,1-4H3,(H2,15,16,17). The van der Waals surface area contributed by atoms with E-state index in [9.17, 15) is 0 Å². The molecule has 4 nitrogen and oxygen atoms in total. The van der Waals surface area contributed by atoms with Crippen LogP contribution in [0, 0.1) is 0 Å². The number of nitrogens with one attached hydrogen (secondary N) is 2. The van der Waals surface area contributed by atoms with Crippen LogP contribution in [-0.4, -0.2) is 42.6 Å². The topological polar surface area (TPSA) is 40.2 Å². The van der Waals surface area contributed by atoms with Gasteiger partial charge in [-0.05, 0) is 33.4 Å². The average molecular weight is 250 g/mol. The van der Waals surface area contributed by atoms with Gasteiger partial charge in [0.2, 0.25) is 0 Å². The predicted octanol–water partition coefficient (Wildman–Crippen LogP) is 2.66. The maximum Gasteiger partial charge on any atom is 0.127 e. The summed E-state index contributed by atoms with van der Waals surface area (Å²) >= 11 is 0. The highest BCUT2D eigenvalue weighted by Crippen LogP contribution is 2.11. The largest absolute Gasteiger partial charge is 0.384 e. The Labute approximate surface area is 111 Å². The lowest BCUT2D eigenvalue weighted by Gasteiger charge is -2.23. The molecule has 0 spiro atoms. The number of hydrogen-bond donors (Lipinski definition) is 2. The molecule has 0 radical (unpaired) electrons. The number of likely N-dealkylation sites (N-methyl/N-ethyl adjacent to an activating group) is 1. The highest BCUT2D eigenvalue weighted by Gasteiger charge is 2.05. The van der Waals surface area contributed by atoms with Crippen LogP contribution < -0.4 is 10.6 Å². The summed E-state index contributed by atoms with van der Waals surface area (Å²) in [6.45, 7) is 9.45. The predicted molar refractivity (Wildman–Crippen MR) is 79.3 cm³/mol. The van der Waals surface area contributed by atoms with Gasteiger partial charge >= 0.3 is 0 Å². The molecule has 4 heteroatoms. The van der Waals surface area contributed by atoms with Crippen LogP contribution in [0.25, 0.3) is 0 Å². The van der Waals surface area contributed by atoms with Crippen LogP contribution in [0.1, 0.15) is 27.2 Å². The van der Waals surface area contributed by atoms with Crippen molar-refractivity contribution in [3.63, 3.8) is 0 Å². The normalized spacial score (nSPS) is 12.5. The molecule has 0 bridgehead atoms. The van der Waals surface area contributed by atoms with Gasteiger partial charge in [0.1, 0.15) is 5.82 Å². The monoisotopic (exact) mass is 250 g/mol.